The average molecular weight is 652 g/mol. The van der Waals surface area contributed by atoms with Crippen molar-refractivity contribution in [3.63, 3.8) is 0 Å². The molecule has 3 N–H and O–H groups in total. The van der Waals surface area contributed by atoms with E-state index in [1.54, 1.807) is 48.5 Å². The van der Waals surface area contributed by atoms with E-state index < -0.39 is 22.9 Å². The first kappa shape index (κ1) is 32.0. The van der Waals surface area contributed by atoms with Crippen molar-refractivity contribution in [1.29, 1.82) is 0 Å². The van der Waals surface area contributed by atoms with Gasteiger partial charge in [-0.3, -0.25) is 14.4 Å². The summed E-state index contributed by atoms with van der Waals surface area (Å²) < 4.78 is 13.5. The number of hydrogen-bond donors (Lipinski definition) is 3. The van der Waals surface area contributed by atoms with Gasteiger partial charge in [-0.1, -0.05) is 97.1 Å². The molecule has 0 fully saturated rings. The van der Waals surface area contributed by atoms with Crippen LogP contribution in [0.4, 0.5) is 15.8 Å². The van der Waals surface area contributed by atoms with Crippen molar-refractivity contribution < 1.29 is 18.8 Å². The van der Waals surface area contributed by atoms with Crippen LogP contribution in [0.25, 0.3) is 16.8 Å². The molecule has 0 aromatic heterocycles. The highest BCUT2D eigenvalue weighted by molar-refractivity contribution is 8.00. The molecule has 0 bridgehead atoms. The quantitative estimate of drug-likeness (QED) is 0.102. The van der Waals surface area contributed by atoms with Gasteiger partial charge in [0.25, 0.3) is 11.8 Å². The maximum atomic E-state index is 13.8. The number of nitrogens with one attached hydrogen (secondary N) is 3. The van der Waals surface area contributed by atoms with Gasteiger partial charge in [-0.2, -0.15) is 0 Å². The summed E-state index contributed by atoms with van der Waals surface area (Å²) in [5.74, 6) is -1.60. The van der Waals surface area contributed by atoms with Crippen LogP contribution < -0.4 is 16.0 Å². The highest BCUT2D eigenvalue weighted by Gasteiger charge is 2.23. The second-order valence-electron chi connectivity index (χ2n) is 10.8. The molecule has 0 heterocycles. The minimum atomic E-state index is -0.644. The number of carbonyl (C=O) groups excluding carboxylic acids is 3. The molecule has 48 heavy (non-hydrogen) atoms. The van der Waals surface area contributed by atoms with Crippen LogP contribution in [-0.4, -0.2) is 17.7 Å². The highest BCUT2D eigenvalue weighted by Crippen LogP contribution is 2.37. The third kappa shape index (κ3) is 8.04. The lowest BCUT2D eigenvalue weighted by Gasteiger charge is -2.18. The largest absolute Gasteiger partial charge is 0.325 e. The Bertz CT molecular complexity index is 2100. The van der Waals surface area contributed by atoms with E-state index >= 15 is 0 Å². The molecule has 0 aliphatic carbocycles. The van der Waals surface area contributed by atoms with Crippen molar-refractivity contribution in [3.8, 4) is 0 Å². The minimum absolute atomic E-state index is 0.0686. The van der Waals surface area contributed by atoms with E-state index in [1.807, 2.05) is 84.9 Å². The minimum Gasteiger partial charge on any atom is -0.325 e. The van der Waals surface area contributed by atoms with Gasteiger partial charge in [0.2, 0.25) is 5.91 Å². The zero-order valence-electron chi connectivity index (χ0n) is 25.6. The van der Waals surface area contributed by atoms with Gasteiger partial charge in [0.05, 0.1) is 0 Å². The van der Waals surface area contributed by atoms with Crippen LogP contribution in [0.3, 0.4) is 0 Å². The van der Waals surface area contributed by atoms with E-state index in [0.717, 1.165) is 26.8 Å². The van der Waals surface area contributed by atoms with Gasteiger partial charge in [-0.25, -0.2) is 4.39 Å². The average Bonchev–Trinajstić information content (AvgIpc) is 3.12. The molecule has 8 heteroatoms. The summed E-state index contributed by atoms with van der Waals surface area (Å²) in [6.07, 6.45) is 1.67. The summed E-state index contributed by atoms with van der Waals surface area (Å²) in [5, 5.41) is 9.89. The summed E-state index contributed by atoms with van der Waals surface area (Å²) in [4.78, 5) is 41.2. The molecule has 0 radical (unpaired) electrons. The van der Waals surface area contributed by atoms with Crippen molar-refractivity contribution in [2.24, 2.45) is 0 Å². The van der Waals surface area contributed by atoms with Crippen LogP contribution in [0, 0.1) is 5.82 Å². The molecular weight excluding hydrogens is 622 g/mol. The fourth-order valence-corrected chi connectivity index (χ4v) is 6.18. The lowest BCUT2D eigenvalue weighted by atomic mass is 10.0. The van der Waals surface area contributed by atoms with E-state index in [0.29, 0.717) is 16.9 Å². The first-order valence-corrected chi connectivity index (χ1v) is 16.1. The van der Waals surface area contributed by atoms with E-state index in [-0.39, 0.29) is 11.6 Å². The zero-order chi connectivity index (χ0) is 33.3. The van der Waals surface area contributed by atoms with Gasteiger partial charge >= 0.3 is 0 Å². The SMILES string of the molecule is O=C(Nc1cccc(SC(C(=O)Nc2ccc(F)cc2)c2ccccc2)c1)/C(=C\c1cccc2ccccc12)NC(=O)c1ccccc1. The van der Waals surface area contributed by atoms with Crippen LogP contribution in [0.1, 0.15) is 26.7 Å². The highest BCUT2D eigenvalue weighted by atomic mass is 32.2. The Balaban J connectivity index is 1.26. The van der Waals surface area contributed by atoms with Crippen LogP contribution in [0.5, 0.6) is 0 Å². The predicted molar refractivity (Wildman–Crippen MR) is 191 cm³/mol. The van der Waals surface area contributed by atoms with Crippen molar-refractivity contribution >= 4 is 57.7 Å². The topological polar surface area (TPSA) is 87.3 Å². The Morgan fingerprint density at radius 3 is 2.08 bits per heavy atom. The Hall–Kier alpha value is -5.99. The molecule has 6 rings (SSSR count). The van der Waals surface area contributed by atoms with Gasteiger partial charge in [-0.15, -0.1) is 11.8 Å². The third-order valence-corrected chi connectivity index (χ3v) is 8.70. The lowest BCUT2D eigenvalue weighted by Crippen LogP contribution is -2.30. The molecule has 1 atom stereocenters. The predicted octanol–water partition coefficient (Wildman–Crippen LogP) is 8.86. The summed E-state index contributed by atoms with van der Waals surface area (Å²) in [6.45, 7) is 0. The Kier molecular flexibility index (Phi) is 10.0. The molecule has 0 spiro atoms. The molecule has 3 amide bonds. The first-order chi connectivity index (χ1) is 23.4. The zero-order valence-corrected chi connectivity index (χ0v) is 26.4. The normalized spacial score (nSPS) is 11.8. The molecule has 1 unspecified atom stereocenters. The molecule has 0 saturated heterocycles. The number of thioether (sulfide) groups is 1. The second-order valence-corrected chi connectivity index (χ2v) is 12.0. The Morgan fingerprint density at radius 2 is 1.31 bits per heavy atom. The number of amides is 3. The van der Waals surface area contributed by atoms with Gasteiger partial charge in [0.15, 0.2) is 0 Å². The lowest BCUT2D eigenvalue weighted by molar-refractivity contribution is -0.116. The van der Waals surface area contributed by atoms with E-state index in [4.69, 9.17) is 0 Å². The number of anilines is 2. The molecule has 0 aliphatic rings. The number of benzene rings is 6. The van der Waals surface area contributed by atoms with Crippen LogP contribution in [0.15, 0.2) is 162 Å². The Labute approximate surface area is 281 Å². The maximum absolute atomic E-state index is 13.8. The van der Waals surface area contributed by atoms with E-state index in [9.17, 15) is 18.8 Å². The van der Waals surface area contributed by atoms with Crippen molar-refractivity contribution in [2.45, 2.75) is 10.1 Å². The monoisotopic (exact) mass is 651 g/mol. The van der Waals surface area contributed by atoms with Crippen LogP contribution in [-0.2, 0) is 9.59 Å². The summed E-state index contributed by atoms with van der Waals surface area (Å²) >= 11 is 1.31. The van der Waals surface area contributed by atoms with Gasteiger partial charge in [-0.05, 0) is 82.6 Å². The standard InChI is InChI=1S/C40H30FN3O3S/c41-31-21-23-32(24-22-31)42-40(47)37(28-12-3-1-4-13-28)48-34-19-10-18-33(26-34)43-39(46)36(44-38(45)29-14-5-2-6-15-29)25-30-17-9-16-27-11-7-8-20-35(27)30/h1-26,37H,(H,42,47)(H,43,46)(H,44,45)/b36-25+. The summed E-state index contributed by atoms with van der Waals surface area (Å²) in [7, 11) is 0. The van der Waals surface area contributed by atoms with E-state index in [2.05, 4.69) is 16.0 Å². The molecule has 6 nitrogen and oxygen atoms in total. The smallest absolute Gasteiger partial charge is 0.272 e. The van der Waals surface area contributed by atoms with Crippen molar-refractivity contribution in [2.75, 3.05) is 10.6 Å². The molecule has 6 aromatic rings. The van der Waals surface area contributed by atoms with Crippen molar-refractivity contribution in [1.82, 2.24) is 5.32 Å². The second kappa shape index (κ2) is 15.1. The fraction of sp³-hybridized carbons (Fsp3) is 0.0250. The number of rotatable bonds is 10. The summed E-state index contributed by atoms with van der Waals surface area (Å²) in [5.41, 5.74) is 2.99. The molecule has 0 saturated carbocycles. The maximum Gasteiger partial charge on any atom is 0.272 e. The number of fused-ring (bicyclic) bond motifs is 1. The molecule has 6 aromatic carbocycles. The van der Waals surface area contributed by atoms with Gasteiger partial charge in [0.1, 0.15) is 16.8 Å². The first-order valence-electron chi connectivity index (χ1n) is 15.2. The van der Waals surface area contributed by atoms with Crippen LogP contribution >= 0.6 is 11.8 Å². The molecular formula is C40H30FN3O3S. The van der Waals surface area contributed by atoms with Crippen LogP contribution in [0.2, 0.25) is 0 Å². The summed E-state index contributed by atoms with van der Waals surface area (Å²) in [6, 6.07) is 44.4. The number of hydrogen-bond acceptors (Lipinski definition) is 4. The van der Waals surface area contributed by atoms with Gasteiger partial charge in [0, 0.05) is 21.8 Å². The number of carbonyl (C=O) groups is 3. The van der Waals surface area contributed by atoms with E-state index in [1.165, 1.54) is 36.0 Å². The molecule has 0 aliphatic heterocycles. The van der Waals surface area contributed by atoms with Gasteiger partial charge < -0.3 is 16.0 Å². The third-order valence-electron chi connectivity index (χ3n) is 7.45. The van der Waals surface area contributed by atoms with Crippen molar-refractivity contribution in [3.05, 3.63) is 180 Å². The number of halogens is 1. The Morgan fingerprint density at radius 1 is 0.646 bits per heavy atom. The molecule has 236 valence electrons. The fourth-order valence-electron chi connectivity index (χ4n) is 5.10.